The van der Waals surface area contributed by atoms with Crippen LogP contribution in [0.25, 0.3) is 6.08 Å². The van der Waals surface area contributed by atoms with Gasteiger partial charge < -0.3 is 4.74 Å². The van der Waals surface area contributed by atoms with Gasteiger partial charge in [-0.3, -0.25) is 9.59 Å². The van der Waals surface area contributed by atoms with Crippen LogP contribution in [-0.2, 0) is 11.4 Å². The fourth-order valence-corrected chi connectivity index (χ4v) is 3.93. The van der Waals surface area contributed by atoms with Gasteiger partial charge in [-0.2, -0.15) is 0 Å². The van der Waals surface area contributed by atoms with E-state index in [2.05, 4.69) is 0 Å². The first-order valence-electron chi connectivity index (χ1n) is 8.92. The highest BCUT2D eigenvalue weighted by molar-refractivity contribution is 8.19. The van der Waals surface area contributed by atoms with Crippen molar-refractivity contribution in [1.82, 2.24) is 0 Å². The van der Waals surface area contributed by atoms with E-state index >= 15 is 0 Å². The van der Waals surface area contributed by atoms with Gasteiger partial charge in [0.25, 0.3) is 11.1 Å². The maximum Gasteiger partial charge on any atom is 0.298 e. The zero-order valence-corrected chi connectivity index (χ0v) is 16.8. The lowest BCUT2D eigenvalue weighted by Gasteiger charge is -2.12. The van der Waals surface area contributed by atoms with E-state index in [1.807, 2.05) is 54.6 Å². The number of hydrogen-bond donors (Lipinski definition) is 0. The summed E-state index contributed by atoms with van der Waals surface area (Å²) in [5, 5.41) is 0.316. The summed E-state index contributed by atoms with van der Waals surface area (Å²) in [6.07, 6.45) is 1.69. The molecule has 4 nitrogen and oxygen atoms in total. The van der Waals surface area contributed by atoms with Crippen LogP contribution in [0.4, 0.5) is 10.5 Å². The van der Waals surface area contributed by atoms with Gasteiger partial charge in [-0.1, -0.05) is 66.2 Å². The summed E-state index contributed by atoms with van der Waals surface area (Å²) in [4.78, 5) is 26.8. The van der Waals surface area contributed by atoms with E-state index in [1.54, 1.807) is 30.3 Å². The van der Waals surface area contributed by atoms with Crippen molar-refractivity contribution < 1.29 is 14.3 Å². The Balaban J connectivity index is 1.58. The molecule has 1 saturated heterocycles. The third-order valence-corrected chi connectivity index (χ3v) is 5.59. The smallest absolute Gasteiger partial charge is 0.298 e. The summed E-state index contributed by atoms with van der Waals surface area (Å²) in [5.74, 6) is 0.269. The first kappa shape index (κ1) is 19.3. The molecule has 2 amide bonds. The first-order valence-corrected chi connectivity index (χ1v) is 10.1. The summed E-state index contributed by atoms with van der Waals surface area (Å²) in [7, 11) is 0. The summed E-state index contributed by atoms with van der Waals surface area (Å²) >= 11 is 7.11. The predicted octanol–water partition coefficient (Wildman–Crippen LogP) is 6.16. The van der Waals surface area contributed by atoms with Crippen LogP contribution in [0.3, 0.4) is 0 Å². The Morgan fingerprint density at radius 3 is 2.38 bits per heavy atom. The molecule has 3 aromatic carbocycles. The van der Waals surface area contributed by atoms with Crippen LogP contribution >= 0.6 is 23.4 Å². The Labute approximate surface area is 177 Å². The molecule has 1 aliphatic rings. The standard InChI is InChI=1S/C23H16ClNO3S/c24-19-12-6-4-9-17(19)15-28-20-13-7-5-8-16(20)14-21-22(26)25(23(27)29-21)18-10-2-1-3-11-18/h1-14H,15H2/b21-14+. The molecule has 6 heteroatoms. The van der Waals surface area contributed by atoms with Gasteiger partial charge in [-0.05, 0) is 42.1 Å². The van der Waals surface area contributed by atoms with Crippen molar-refractivity contribution >= 4 is 46.3 Å². The third-order valence-electron chi connectivity index (χ3n) is 4.35. The molecule has 0 radical (unpaired) electrons. The Morgan fingerprint density at radius 1 is 0.897 bits per heavy atom. The molecular formula is C23H16ClNO3S. The highest BCUT2D eigenvalue weighted by atomic mass is 35.5. The van der Waals surface area contributed by atoms with Crippen molar-refractivity contribution in [2.45, 2.75) is 6.61 Å². The molecule has 0 aliphatic carbocycles. The number of amides is 2. The van der Waals surface area contributed by atoms with Crippen LogP contribution in [0.5, 0.6) is 5.75 Å². The number of rotatable bonds is 5. The number of thioether (sulfide) groups is 1. The topological polar surface area (TPSA) is 46.6 Å². The maximum atomic E-state index is 12.8. The lowest BCUT2D eigenvalue weighted by Crippen LogP contribution is -2.27. The number of carbonyl (C=O) groups is 2. The van der Waals surface area contributed by atoms with Gasteiger partial charge in [0.15, 0.2) is 0 Å². The highest BCUT2D eigenvalue weighted by Crippen LogP contribution is 2.36. The Hall–Kier alpha value is -3.02. The molecule has 0 bridgehead atoms. The van der Waals surface area contributed by atoms with Crippen LogP contribution < -0.4 is 9.64 Å². The highest BCUT2D eigenvalue weighted by Gasteiger charge is 2.36. The second kappa shape index (κ2) is 8.55. The van der Waals surface area contributed by atoms with Gasteiger partial charge in [-0.15, -0.1) is 0 Å². The van der Waals surface area contributed by atoms with Crippen molar-refractivity contribution in [2.24, 2.45) is 0 Å². The minimum Gasteiger partial charge on any atom is -0.488 e. The van der Waals surface area contributed by atoms with Crippen molar-refractivity contribution in [3.05, 3.63) is 99.9 Å². The van der Waals surface area contributed by atoms with Crippen LogP contribution in [0.15, 0.2) is 83.8 Å². The van der Waals surface area contributed by atoms with E-state index in [4.69, 9.17) is 16.3 Å². The van der Waals surface area contributed by atoms with E-state index in [9.17, 15) is 9.59 Å². The number of halogens is 1. The molecule has 144 valence electrons. The molecule has 0 unspecified atom stereocenters. The number of hydrogen-bond acceptors (Lipinski definition) is 4. The van der Waals surface area contributed by atoms with Crippen LogP contribution in [0.2, 0.25) is 5.02 Å². The van der Waals surface area contributed by atoms with E-state index in [0.29, 0.717) is 28.0 Å². The fraction of sp³-hybridized carbons (Fsp3) is 0.0435. The second-order valence-electron chi connectivity index (χ2n) is 6.27. The Bertz CT molecular complexity index is 1100. The zero-order valence-electron chi connectivity index (χ0n) is 15.2. The zero-order chi connectivity index (χ0) is 20.2. The van der Waals surface area contributed by atoms with Crippen LogP contribution in [0, 0.1) is 0 Å². The predicted molar refractivity (Wildman–Crippen MR) is 117 cm³/mol. The minimum absolute atomic E-state index is 0.302. The van der Waals surface area contributed by atoms with Crippen molar-refractivity contribution in [3.8, 4) is 5.75 Å². The lowest BCUT2D eigenvalue weighted by atomic mass is 10.1. The van der Waals surface area contributed by atoms with Crippen molar-refractivity contribution in [3.63, 3.8) is 0 Å². The number of para-hydroxylation sites is 2. The molecular weight excluding hydrogens is 406 g/mol. The fourth-order valence-electron chi connectivity index (χ4n) is 2.91. The molecule has 29 heavy (non-hydrogen) atoms. The SMILES string of the molecule is O=C1S/C(=C/c2ccccc2OCc2ccccc2Cl)C(=O)N1c1ccccc1. The van der Waals surface area contributed by atoms with E-state index in [1.165, 1.54) is 4.90 Å². The van der Waals surface area contributed by atoms with Crippen LogP contribution in [-0.4, -0.2) is 11.1 Å². The molecule has 0 N–H and O–H groups in total. The summed E-state index contributed by atoms with van der Waals surface area (Å²) in [6.45, 7) is 0.302. The summed E-state index contributed by atoms with van der Waals surface area (Å²) in [5.41, 5.74) is 2.15. The largest absolute Gasteiger partial charge is 0.488 e. The lowest BCUT2D eigenvalue weighted by molar-refractivity contribution is -0.113. The molecule has 1 fully saturated rings. The van der Waals surface area contributed by atoms with Crippen LogP contribution in [0.1, 0.15) is 11.1 Å². The van der Waals surface area contributed by atoms with E-state index in [0.717, 1.165) is 22.9 Å². The van der Waals surface area contributed by atoms with Crippen molar-refractivity contribution in [1.29, 1.82) is 0 Å². The summed E-state index contributed by atoms with van der Waals surface area (Å²) < 4.78 is 5.94. The molecule has 4 rings (SSSR count). The average molecular weight is 422 g/mol. The molecule has 0 atom stereocenters. The van der Waals surface area contributed by atoms with E-state index < -0.39 is 0 Å². The molecule has 0 aromatic heterocycles. The van der Waals surface area contributed by atoms with E-state index in [-0.39, 0.29) is 11.1 Å². The third kappa shape index (κ3) is 4.21. The number of nitrogens with zero attached hydrogens (tertiary/aromatic N) is 1. The average Bonchev–Trinajstić information content (AvgIpc) is 3.02. The quantitative estimate of drug-likeness (QED) is 0.463. The Kier molecular flexibility index (Phi) is 5.69. The van der Waals surface area contributed by atoms with Gasteiger partial charge in [0.1, 0.15) is 12.4 Å². The maximum absolute atomic E-state index is 12.8. The number of benzene rings is 3. The van der Waals surface area contributed by atoms with Gasteiger partial charge in [0.2, 0.25) is 0 Å². The normalized spacial score (nSPS) is 15.2. The molecule has 3 aromatic rings. The molecule has 1 aliphatic heterocycles. The van der Waals surface area contributed by atoms with Gasteiger partial charge >= 0.3 is 0 Å². The minimum atomic E-state index is -0.341. The number of anilines is 1. The first-order chi connectivity index (χ1) is 14.1. The molecule has 0 saturated carbocycles. The summed E-state index contributed by atoms with van der Waals surface area (Å²) in [6, 6.07) is 23.7. The van der Waals surface area contributed by atoms with Gasteiger partial charge in [-0.25, -0.2) is 4.90 Å². The number of imide groups is 1. The molecule has 0 spiro atoms. The van der Waals surface area contributed by atoms with Gasteiger partial charge in [0.05, 0.1) is 10.6 Å². The molecule has 1 heterocycles. The Morgan fingerprint density at radius 2 is 1.59 bits per heavy atom. The second-order valence-corrected chi connectivity index (χ2v) is 7.67. The van der Waals surface area contributed by atoms with Gasteiger partial charge in [0, 0.05) is 16.1 Å². The monoisotopic (exact) mass is 421 g/mol. The van der Waals surface area contributed by atoms with Crippen molar-refractivity contribution in [2.75, 3.05) is 4.90 Å². The number of carbonyl (C=O) groups excluding carboxylic acids is 2. The number of ether oxygens (including phenoxy) is 1.